The SMILES string of the molecule is COc1ccc(NC(=O)C2CCCN(S(=O)(=O)c3ccc(Br)cc3)C2)cc1OC. The van der Waals surface area contributed by atoms with E-state index in [0.29, 0.717) is 36.6 Å². The number of amides is 1. The largest absolute Gasteiger partial charge is 0.493 e. The lowest BCUT2D eigenvalue weighted by Crippen LogP contribution is -2.43. The number of piperidine rings is 1. The number of anilines is 1. The van der Waals surface area contributed by atoms with E-state index >= 15 is 0 Å². The van der Waals surface area contributed by atoms with Gasteiger partial charge in [-0.1, -0.05) is 15.9 Å². The third-order valence-corrected chi connectivity index (χ3v) is 7.27. The topological polar surface area (TPSA) is 84.9 Å². The Morgan fingerprint density at radius 2 is 1.79 bits per heavy atom. The molecular weight excluding hydrogens is 460 g/mol. The molecule has 0 bridgehead atoms. The minimum atomic E-state index is -3.64. The Kier molecular flexibility index (Phi) is 6.81. The highest BCUT2D eigenvalue weighted by Crippen LogP contribution is 2.31. The van der Waals surface area contributed by atoms with Crippen LogP contribution in [0.5, 0.6) is 11.5 Å². The van der Waals surface area contributed by atoms with E-state index in [1.807, 2.05) is 0 Å². The van der Waals surface area contributed by atoms with Crippen molar-refractivity contribution in [3.63, 3.8) is 0 Å². The molecule has 1 aliphatic heterocycles. The van der Waals surface area contributed by atoms with Crippen molar-refractivity contribution in [1.82, 2.24) is 4.31 Å². The summed E-state index contributed by atoms with van der Waals surface area (Å²) in [4.78, 5) is 13.0. The summed E-state index contributed by atoms with van der Waals surface area (Å²) in [6.07, 6.45) is 1.26. The summed E-state index contributed by atoms with van der Waals surface area (Å²) >= 11 is 3.31. The maximum atomic E-state index is 12.9. The molecule has 0 spiro atoms. The van der Waals surface area contributed by atoms with Crippen LogP contribution in [-0.2, 0) is 14.8 Å². The molecule has 1 fully saturated rings. The van der Waals surface area contributed by atoms with Crippen molar-refractivity contribution < 1.29 is 22.7 Å². The zero-order valence-electron chi connectivity index (χ0n) is 16.2. The van der Waals surface area contributed by atoms with Crippen molar-refractivity contribution >= 4 is 37.5 Å². The molecule has 0 radical (unpaired) electrons. The van der Waals surface area contributed by atoms with E-state index in [4.69, 9.17) is 9.47 Å². The predicted molar refractivity (Wildman–Crippen MR) is 114 cm³/mol. The number of methoxy groups -OCH3 is 2. The van der Waals surface area contributed by atoms with Gasteiger partial charge < -0.3 is 14.8 Å². The van der Waals surface area contributed by atoms with Gasteiger partial charge in [0, 0.05) is 29.3 Å². The molecular formula is C20H23BrN2O5S. The first kappa shape index (κ1) is 21.6. The maximum Gasteiger partial charge on any atom is 0.243 e. The van der Waals surface area contributed by atoms with E-state index in [2.05, 4.69) is 21.2 Å². The Morgan fingerprint density at radius 3 is 2.45 bits per heavy atom. The van der Waals surface area contributed by atoms with Crippen LogP contribution in [0.4, 0.5) is 5.69 Å². The molecule has 0 aliphatic carbocycles. The Bertz CT molecular complexity index is 979. The summed E-state index contributed by atoms with van der Waals surface area (Å²) in [6.45, 7) is 0.552. The number of carbonyl (C=O) groups excluding carboxylic acids is 1. The van der Waals surface area contributed by atoms with Crippen molar-refractivity contribution in [3.8, 4) is 11.5 Å². The van der Waals surface area contributed by atoms with Gasteiger partial charge in [-0.25, -0.2) is 8.42 Å². The molecule has 7 nitrogen and oxygen atoms in total. The summed E-state index contributed by atoms with van der Waals surface area (Å²) in [5, 5.41) is 2.85. The number of hydrogen-bond donors (Lipinski definition) is 1. The van der Waals surface area contributed by atoms with Gasteiger partial charge in [-0.15, -0.1) is 0 Å². The van der Waals surface area contributed by atoms with Gasteiger partial charge >= 0.3 is 0 Å². The lowest BCUT2D eigenvalue weighted by molar-refractivity contribution is -0.120. The molecule has 2 aromatic rings. The monoisotopic (exact) mass is 482 g/mol. The number of rotatable bonds is 6. The second kappa shape index (κ2) is 9.15. The summed E-state index contributed by atoms with van der Waals surface area (Å²) in [7, 11) is -0.578. The van der Waals surface area contributed by atoms with Crippen LogP contribution in [0.15, 0.2) is 51.8 Å². The molecule has 156 valence electrons. The van der Waals surface area contributed by atoms with Gasteiger partial charge in [-0.05, 0) is 49.2 Å². The fraction of sp³-hybridized carbons (Fsp3) is 0.350. The van der Waals surface area contributed by atoms with Crippen LogP contribution in [0.25, 0.3) is 0 Å². The molecule has 1 atom stereocenters. The molecule has 3 rings (SSSR count). The van der Waals surface area contributed by atoms with Crippen molar-refractivity contribution in [2.24, 2.45) is 5.92 Å². The number of halogens is 1. The Hall–Kier alpha value is -2.10. The summed E-state index contributed by atoms with van der Waals surface area (Å²) in [5.41, 5.74) is 0.570. The first-order valence-electron chi connectivity index (χ1n) is 9.13. The average Bonchev–Trinajstić information content (AvgIpc) is 2.74. The highest BCUT2D eigenvalue weighted by Gasteiger charge is 2.33. The predicted octanol–water partition coefficient (Wildman–Crippen LogP) is 3.51. The van der Waals surface area contributed by atoms with Crippen molar-refractivity contribution in [2.45, 2.75) is 17.7 Å². The van der Waals surface area contributed by atoms with Crippen molar-refractivity contribution in [2.75, 3.05) is 32.6 Å². The molecule has 1 N–H and O–H groups in total. The van der Waals surface area contributed by atoms with E-state index in [-0.39, 0.29) is 17.3 Å². The molecule has 2 aromatic carbocycles. The molecule has 0 saturated carbocycles. The van der Waals surface area contributed by atoms with E-state index in [1.165, 1.54) is 11.4 Å². The number of ether oxygens (including phenoxy) is 2. The van der Waals surface area contributed by atoms with Crippen molar-refractivity contribution in [1.29, 1.82) is 0 Å². The zero-order chi connectivity index (χ0) is 21.0. The van der Waals surface area contributed by atoms with Gasteiger partial charge in [-0.2, -0.15) is 4.31 Å². The highest BCUT2D eigenvalue weighted by molar-refractivity contribution is 9.10. The van der Waals surface area contributed by atoms with Gasteiger partial charge in [0.05, 0.1) is 25.0 Å². The molecule has 9 heteroatoms. The molecule has 1 heterocycles. The van der Waals surface area contributed by atoms with E-state index in [1.54, 1.807) is 49.6 Å². The van der Waals surface area contributed by atoms with Crippen LogP contribution in [0, 0.1) is 5.92 Å². The average molecular weight is 483 g/mol. The third-order valence-electron chi connectivity index (χ3n) is 4.86. The summed E-state index contributed by atoms with van der Waals surface area (Å²) < 4.78 is 38.5. The van der Waals surface area contributed by atoms with E-state index in [0.717, 1.165) is 4.47 Å². The smallest absolute Gasteiger partial charge is 0.243 e. The third kappa shape index (κ3) is 4.91. The second-order valence-corrected chi connectivity index (χ2v) is 9.57. The minimum Gasteiger partial charge on any atom is -0.493 e. The molecule has 1 unspecified atom stereocenters. The quantitative estimate of drug-likeness (QED) is 0.680. The standard InChI is InChI=1S/C20H23BrN2O5S/c1-27-18-10-7-16(12-19(18)28-2)22-20(24)14-4-3-11-23(13-14)29(25,26)17-8-5-15(21)6-9-17/h5-10,12,14H,3-4,11,13H2,1-2H3,(H,22,24). The summed E-state index contributed by atoms with van der Waals surface area (Å²) in [6, 6.07) is 11.6. The van der Waals surface area contributed by atoms with Crippen LogP contribution in [0.2, 0.25) is 0 Å². The Labute approximate surface area is 179 Å². The normalized spacial score (nSPS) is 17.6. The van der Waals surface area contributed by atoms with Gasteiger partial charge in [0.1, 0.15) is 0 Å². The first-order chi connectivity index (χ1) is 13.8. The number of carbonyl (C=O) groups is 1. The van der Waals surface area contributed by atoms with E-state index < -0.39 is 15.9 Å². The fourth-order valence-electron chi connectivity index (χ4n) is 3.29. The Balaban J connectivity index is 1.72. The Morgan fingerprint density at radius 1 is 1.10 bits per heavy atom. The maximum absolute atomic E-state index is 12.9. The lowest BCUT2D eigenvalue weighted by Gasteiger charge is -2.31. The van der Waals surface area contributed by atoms with Crippen LogP contribution in [-0.4, -0.2) is 45.9 Å². The second-order valence-electron chi connectivity index (χ2n) is 6.72. The molecule has 0 aromatic heterocycles. The number of benzene rings is 2. The van der Waals surface area contributed by atoms with Gasteiger partial charge in [0.25, 0.3) is 0 Å². The molecule has 1 saturated heterocycles. The van der Waals surface area contributed by atoms with Crippen LogP contribution < -0.4 is 14.8 Å². The van der Waals surface area contributed by atoms with Gasteiger partial charge in [0.2, 0.25) is 15.9 Å². The zero-order valence-corrected chi connectivity index (χ0v) is 18.6. The van der Waals surface area contributed by atoms with Gasteiger partial charge in [0.15, 0.2) is 11.5 Å². The number of nitrogens with one attached hydrogen (secondary N) is 1. The summed E-state index contributed by atoms with van der Waals surface area (Å²) in [5.74, 6) is 0.429. The van der Waals surface area contributed by atoms with Crippen molar-refractivity contribution in [3.05, 3.63) is 46.9 Å². The minimum absolute atomic E-state index is 0.150. The van der Waals surface area contributed by atoms with Crippen LogP contribution >= 0.6 is 15.9 Å². The molecule has 1 aliphatic rings. The lowest BCUT2D eigenvalue weighted by atomic mass is 9.98. The van der Waals surface area contributed by atoms with Crippen LogP contribution in [0.3, 0.4) is 0 Å². The first-order valence-corrected chi connectivity index (χ1v) is 11.4. The molecule has 29 heavy (non-hydrogen) atoms. The van der Waals surface area contributed by atoms with Gasteiger partial charge in [-0.3, -0.25) is 4.79 Å². The molecule has 1 amide bonds. The van der Waals surface area contributed by atoms with E-state index in [9.17, 15) is 13.2 Å². The fourth-order valence-corrected chi connectivity index (χ4v) is 5.08. The number of nitrogens with zero attached hydrogens (tertiary/aromatic N) is 1. The number of hydrogen-bond acceptors (Lipinski definition) is 5. The number of sulfonamides is 1. The van der Waals surface area contributed by atoms with Crippen LogP contribution in [0.1, 0.15) is 12.8 Å². The highest BCUT2D eigenvalue weighted by atomic mass is 79.9.